The first-order chi connectivity index (χ1) is 11.6. The number of fused-ring (bicyclic) bond motifs is 3. The maximum absolute atomic E-state index is 11.3. The molecule has 0 atom stereocenters. The zero-order chi connectivity index (χ0) is 16.7. The second-order valence-corrected chi connectivity index (χ2v) is 7.47. The minimum atomic E-state index is -0.252. The highest BCUT2D eigenvalue weighted by Crippen LogP contribution is 2.31. The fourth-order valence-electron chi connectivity index (χ4n) is 3.35. The fourth-order valence-corrected chi connectivity index (χ4v) is 4.66. The number of imidazole rings is 1. The number of carbonyl (C=O) groups is 1. The molecule has 4 rings (SSSR count). The summed E-state index contributed by atoms with van der Waals surface area (Å²) in [5, 5.41) is 0. The van der Waals surface area contributed by atoms with Crippen LogP contribution in [0.25, 0.3) is 16.2 Å². The van der Waals surface area contributed by atoms with Crippen LogP contribution >= 0.6 is 11.3 Å². The number of aromatic nitrogens is 2. The lowest BCUT2D eigenvalue weighted by molar-refractivity contribution is -0.691. The van der Waals surface area contributed by atoms with E-state index >= 15 is 0 Å². The summed E-state index contributed by atoms with van der Waals surface area (Å²) < 4.78 is 9.75. The van der Waals surface area contributed by atoms with Gasteiger partial charge in [-0.3, -0.25) is 4.79 Å². The van der Waals surface area contributed by atoms with Gasteiger partial charge in [-0.25, -0.2) is 0 Å². The molecule has 0 fully saturated rings. The molecule has 5 heteroatoms. The molecule has 1 aliphatic rings. The van der Waals surface area contributed by atoms with E-state index in [-0.39, 0.29) is 12.7 Å². The molecule has 0 aliphatic heterocycles. The highest BCUT2D eigenvalue weighted by atomic mass is 32.1. The van der Waals surface area contributed by atoms with Crippen LogP contribution in [0, 0.1) is 6.92 Å². The Kier molecular flexibility index (Phi) is 3.88. The third-order valence-corrected chi connectivity index (χ3v) is 5.90. The van der Waals surface area contributed by atoms with E-state index in [1.54, 1.807) is 0 Å². The molecule has 0 unspecified atom stereocenters. The predicted molar refractivity (Wildman–Crippen MR) is 94.1 cm³/mol. The lowest BCUT2D eigenvalue weighted by atomic mass is 10.0. The van der Waals surface area contributed by atoms with E-state index in [1.165, 1.54) is 35.9 Å². The Bertz CT molecular complexity index is 906. The summed E-state index contributed by atoms with van der Waals surface area (Å²) in [4.78, 5) is 13.9. The van der Waals surface area contributed by atoms with Gasteiger partial charge in [0, 0.05) is 18.9 Å². The first kappa shape index (κ1) is 15.4. The minimum Gasteiger partial charge on any atom is -0.425 e. The Morgan fingerprint density at radius 2 is 2.00 bits per heavy atom. The predicted octanol–water partition coefficient (Wildman–Crippen LogP) is 3.66. The number of hydrogen-bond donors (Lipinski definition) is 0. The van der Waals surface area contributed by atoms with E-state index in [1.807, 2.05) is 11.3 Å². The maximum Gasteiger partial charge on any atom is 0.349 e. The van der Waals surface area contributed by atoms with Gasteiger partial charge in [-0.15, -0.1) is 0 Å². The van der Waals surface area contributed by atoms with Crippen LogP contribution in [0.4, 0.5) is 0 Å². The Morgan fingerprint density at radius 1 is 1.25 bits per heavy atom. The number of aryl methyl sites for hydroxylation is 3. The molecule has 0 amide bonds. The van der Waals surface area contributed by atoms with Gasteiger partial charge < -0.3 is 4.74 Å². The van der Waals surface area contributed by atoms with Gasteiger partial charge in [-0.2, -0.15) is 8.97 Å². The van der Waals surface area contributed by atoms with Crippen molar-refractivity contribution in [1.29, 1.82) is 0 Å². The van der Waals surface area contributed by atoms with E-state index in [9.17, 15) is 4.79 Å². The Balaban J connectivity index is 1.87. The topological polar surface area (TPSA) is 34.6 Å². The molecule has 0 bridgehead atoms. The molecule has 2 aromatic heterocycles. The molecule has 1 aromatic carbocycles. The van der Waals surface area contributed by atoms with Gasteiger partial charge >= 0.3 is 10.9 Å². The minimum absolute atomic E-state index is 0.252. The Morgan fingerprint density at radius 3 is 2.75 bits per heavy atom. The van der Waals surface area contributed by atoms with E-state index < -0.39 is 0 Å². The van der Waals surface area contributed by atoms with Crippen molar-refractivity contribution in [2.75, 3.05) is 0 Å². The molecule has 0 saturated carbocycles. The zero-order valence-electron chi connectivity index (χ0n) is 14.0. The van der Waals surface area contributed by atoms with Crippen LogP contribution in [0.3, 0.4) is 0 Å². The number of rotatable bonds is 3. The van der Waals surface area contributed by atoms with Gasteiger partial charge in [0.05, 0.1) is 4.88 Å². The second-order valence-electron chi connectivity index (χ2n) is 6.41. The molecular formula is C19H21N2O2S+. The molecule has 124 valence electrons. The zero-order valence-corrected chi connectivity index (χ0v) is 14.9. The summed E-state index contributed by atoms with van der Waals surface area (Å²) in [7, 11) is 0. The van der Waals surface area contributed by atoms with Crippen molar-refractivity contribution in [3.8, 4) is 11.3 Å². The molecule has 0 spiro atoms. The van der Waals surface area contributed by atoms with Crippen molar-refractivity contribution in [2.24, 2.45) is 0 Å². The molecule has 0 saturated heterocycles. The van der Waals surface area contributed by atoms with Crippen LogP contribution in [-0.2, 0) is 29.1 Å². The largest absolute Gasteiger partial charge is 0.425 e. The first-order valence-corrected chi connectivity index (χ1v) is 9.21. The number of esters is 1. The van der Waals surface area contributed by atoms with Gasteiger partial charge in [0.1, 0.15) is 11.9 Å². The SMILES string of the molecule is CC(=O)OC[n+]1c(-c2ccc(C)cc2)cn2c3c(sc21)CCCC3. The maximum atomic E-state index is 11.3. The van der Waals surface area contributed by atoms with Gasteiger partial charge in [-0.05, 0) is 26.2 Å². The fraction of sp³-hybridized carbons (Fsp3) is 0.368. The Hall–Kier alpha value is -2.14. The van der Waals surface area contributed by atoms with Gasteiger partial charge in [0.15, 0.2) is 5.69 Å². The van der Waals surface area contributed by atoms with E-state index in [2.05, 4.69) is 46.4 Å². The average Bonchev–Trinajstić information content (AvgIpc) is 3.09. The summed E-state index contributed by atoms with van der Waals surface area (Å²) >= 11 is 1.83. The summed E-state index contributed by atoms with van der Waals surface area (Å²) in [5.74, 6) is -0.252. The third-order valence-electron chi connectivity index (χ3n) is 4.62. The van der Waals surface area contributed by atoms with E-state index in [0.717, 1.165) is 29.1 Å². The summed E-state index contributed by atoms with van der Waals surface area (Å²) in [6, 6.07) is 8.50. The number of thiazole rings is 1. The number of hydrogen-bond acceptors (Lipinski definition) is 3. The third kappa shape index (κ3) is 2.63. The molecule has 3 aromatic rings. The average molecular weight is 341 g/mol. The lowest BCUT2D eigenvalue weighted by Gasteiger charge is -2.06. The van der Waals surface area contributed by atoms with Crippen molar-refractivity contribution < 1.29 is 14.1 Å². The molecule has 0 N–H and O–H groups in total. The number of nitrogens with zero attached hydrogens (tertiary/aromatic N) is 2. The monoisotopic (exact) mass is 341 g/mol. The standard InChI is InChI=1S/C19H21N2O2S/c1-13-7-9-15(10-8-13)17-11-20-16-5-3-4-6-18(16)24-19(20)21(17)12-23-14(2)22/h7-11H,3-6,12H2,1-2H3/q+1. The summed E-state index contributed by atoms with van der Waals surface area (Å²) in [6.07, 6.45) is 7.01. The number of carbonyl (C=O) groups excluding carboxylic acids is 1. The van der Waals surface area contributed by atoms with Gasteiger partial charge in [0.2, 0.25) is 6.73 Å². The van der Waals surface area contributed by atoms with Crippen LogP contribution in [0.5, 0.6) is 0 Å². The molecule has 24 heavy (non-hydrogen) atoms. The van der Waals surface area contributed by atoms with Crippen molar-refractivity contribution in [3.63, 3.8) is 0 Å². The van der Waals surface area contributed by atoms with Crippen LogP contribution in [0.2, 0.25) is 0 Å². The van der Waals surface area contributed by atoms with Crippen molar-refractivity contribution in [3.05, 3.63) is 46.6 Å². The lowest BCUT2D eigenvalue weighted by Crippen LogP contribution is -2.36. The molecular weight excluding hydrogens is 320 g/mol. The van der Waals surface area contributed by atoms with Crippen molar-refractivity contribution >= 4 is 22.3 Å². The molecule has 4 nitrogen and oxygen atoms in total. The smallest absolute Gasteiger partial charge is 0.349 e. The highest BCUT2D eigenvalue weighted by Gasteiger charge is 2.28. The first-order valence-electron chi connectivity index (χ1n) is 8.39. The van der Waals surface area contributed by atoms with E-state index in [4.69, 9.17) is 4.74 Å². The normalized spacial score (nSPS) is 13.9. The summed E-state index contributed by atoms with van der Waals surface area (Å²) in [6.45, 7) is 3.80. The molecule has 0 radical (unpaired) electrons. The van der Waals surface area contributed by atoms with Crippen molar-refractivity contribution in [1.82, 2.24) is 4.40 Å². The quantitative estimate of drug-likeness (QED) is 0.538. The van der Waals surface area contributed by atoms with Gasteiger partial charge in [0.25, 0.3) is 0 Å². The highest BCUT2D eigenvalue weighted by molar-refractivity contribution is 7.16. The van der Waals surface area contributed by atoms with Crippen LogP contribution in [0.15, 0.2) is 30.5 Å². The second kappa shape index (κ2) is 6.06. The van der Waals surface area contributed by atoms with Crippen LogP contribution < -0.4 is 4.57 Å². The van der Waals surface area contributed by atoms with Crippen LogP contribution in [0.1, 0.15) is 35.9 Å². The number of benzene rings is 1. The molecule has 1 aliphatic carbocycles. The van der Waals surface area contributed by atoms with Gasteiger partial charge in [-0.1, -0.05) is 41.2 Å². The number of ether oxygens (including phenoxy) is 1. The Labute approximate surface area is 145 Å². The molecule has 2 heterocycles. The van der Waals surface area contributed by atoms with Crippen molar-refractivity contribution in [2.45, 2.75) is 46.3 Å². The van der Waals surface area contributed by atoms with Crippen LogP contribution in [-0.4, -0.2) is 10.4 Å². The van der Waals surface area contributed by atoms with E-state index in [0.29, 0.717) is 0 Å². The summed E-state index contributed by atoms with van der Waals surface area (Å²) in [5.41, 5.74) is 4.91.